The van der Waals surface area contributed by atoms with Gasteiger partial charge in [0.2, 0.25) is 0 Å². The van der Waals surface area contributed by atoms with E-state index in [-0.39, 0.29) is 5.78 Å². The van der Waals surface area contributed by atoms with E-state index in [1.165, 1.54) is 0 Å². The number of carbonyl (C=O) groups excluding carboxylic acids is 1. The molecule has 4 nitrogen and oxygen atoms in total. The van der Waals surface area contributed by atoms with Gasteiger partial charge < -0.3 is 5.73 Å². The normalized spacial score (nSPS) is 10.7. The van der Waals surface area contributed by atoms with Crippen LogP contribution in [0.25, 0.3) is 0 Å². The Bertz CT molecular complexity index is 360. The molecule has 15 heavy (non-hydrogen) atoms. The molecule has 0 unspecified atom stereocenters. The summed E-state index contributed by atoms with van der Waals surface area (Å²) in [6, 6.07) is 0. The van der Waals surface area contributed by atoms with Crippen LogP contribution in [0.2, 0.25) is 0 Å². The molecule has 1 aromatic rings. The largest absolute Gasteiger partial charge is 0.330 e. The lowest BCUT2D eigenvalue weighted by Gasteiger charge is -2.04. The molecular weight excluding hydrogens is 258 g/mol. The molecule has 1 aromatic heterocycles. The van der Waals surface area contributed by atoms with Crippen molar-refractivity contribution in [3.8, 4) is 0 Å². The number of nitrogens with zero attached hydrogens (tertiary/aromatic N) is 2. The highest BCUT2D eigenvalue weighted by atomic mass is 79.9. The van der Waals surface area contributed by atoms with E-state index in [1.807, 2.05) is 18.5 Å². The summed E-state index contributed by atoms with van der Waals surface area (Å²) in [7, 11) is 0. The van der Waals surface area contributed by atoms with Gasteiger partial charge in [-0.25, -0.2) is 0 Å². The van der Waals surface area contributed by atoms with Crippen LogP contribution in [0.4, 0.5) is 0 Å². The highest BCUT2D eigenvalue weighted by molar-refractivity contribution is 9.10. The molecule has 5 heteroatoms. The Labute approximate surface area is 98.0 Å². The zero-order chi connectivity index (χ0) is 11.4. The van der Waals surface area contributed by atoms with Gasteiger partial charge in [-0.3, -0.25) is 9.48 Å². The SMILES string of the molecule is CCn1nc(C)c(Br)c1CC(=O)CCN. The molecule has 0 aliphatic carbocycles. The topological polar surface area (TPSA) is 60.9 Å². The van der Waals surface area contributed by atoms with Crippen molar-refractivity contribution >= 4 is 21.7 Å². The predicted octanol–water partition coefficient (Wildman–Crippen LogP) is 1.43. The second-order valence-electron chi connectivity index (χ2n) is 3.42. The minimum Gasteiger partial charge on any atom is -0.330 e. The van der Waals surface area contributed by atoms with E-state index in [0.717, 1.165) is 22.4 Å². The van der Waals surface area contributed by atoms with Gasteiger partial charge >= 0.3 is 0 Å². The molecule has 0 aromatic carbocycles. The number of aromatic nitrogens is 2. The number of Topliss-reactive ketones (excluding diaryl/α,β-unsaturated/α-hetero) is 1. The van der Waals surface area contributed by atoms with Crippen LogP contribution < -0.4 is 5.73 Å². The van der Waals surface area contributed by atoms with Gasteiger partial charge in [-0.15, -0.1) is 0 Å². The maximum Gasteiger partial charge on any atom is 0.140 e. The summed E-state index contributed by atoms with van der Waals surface area (Å²) < 4.78 is 2.79. The van der Waals surface area contributed by atoms with E-state index in [9.17, 15) is 4.79 Å². The Morgan fingerprint density at radius 3 is 2.80 bits per heavy atom. The van der Waals surface area contributed by atoms with Crippen LogP contribution in [0.3, 0.4) is 0 Å². The first-order chi connectivity index (χ1) is 7.10. The summed E-state index contributed by atoms with van der Waals surface area (Å²) in [5, 5.41) is 4.33. The molecule has 0 saturated heterocycles. The number of halogens is 1. The molecule has 0 radical (unpaired) electrons. The summed E-state index contributed by atoms with van der Waals surface area (Å²) >= 11 is 3.45. The fourth-order valence-electron chi connectivity index (χ4n) is 1.47. The molecule has 0 spiro atoms. The standard InChI is InChI=1S/C10H16BrN3O/c1-3-14-9(6-8(15)4-5-12)10(11)7(2)13-14/h3-6,12H2,1-2H3. The molecule has 2 N–H and O–H groups in total. The van der Waals surface area contributed by atoms with Gasteiger partial charge in [0.25, 0.3) is 0 Å². The number of hydrogen-bond acceptors (Lipinski definition) is 3. The minimum absolute atomic E-state index is 0.160. The maximum atomic E-state index is 11.5. The smallest absolute Gasteiger partial charge is 0.140 e. The molecule has 0 saturated carbocycles. The van der Waals surface area contributed by atoms with Crippen LogP contribution in [0, 0.1) is 6.92 Å². The fraction of sp³-hybridized carbons (Fsp3) is 0.600. The molecular formula is C10H16BrN3O. The monoisotopic (exact) mass is 273 g/mol. The van der Waals surface area contributed by atoms with Crippen LogP contribution in [-0.2, 0) is 17.8 Å². The number of aryl methyl sites for hydroxylation is 2. The Kier molecular flexibility index (Phi) is 4.47. The van der Waals surface area contributed by atoms with Crippen molar-refractivity contribution in [2.24, 2.45) is 5.73 Å². The quantitative estimate of drug-likeness (QED) is 0.883. The lowest BCUT2D eigenvalue weighted by Crippen LogP contribution is -2.13. The second kappa shape index (κ2) is 5.42. The van der Waals surface area contributed by atoms with Gasteiger partial charge in [-0.1, -0.05) is 0 Å². The summed E-state index contributed by atoms with van der Waals surface area (Å²) in [6.45, 7) is 5.12. The van der Waals surface area contributed by atoms with Gasteiger partial charge in [-0.2, -0.15) is 5.10 Å². The highest BCUT2D eigenvalue weighted by Crippen LogP contribution is 2.21. The van der Waals surface area contributed by atoms with Crippen molar-refractivity contribution in [1.29, 1.82) is 0 Å². The Morgan fingerprint density at radius 1 is 1.60 bits per heavy atom. The van der Waals surface area contributed by atoms with Crippen molar-refractivity contribution < 1.29 is 4.79 Å². The van der Waals surface area contributed by atoms with Gasteiger partial charge in [-0.05, 0) is 36.3 Å². The Balaban J connectivity index is 2.87. The Hall–Kier alpha value is -0.680. The number of ketones is 1. The van der Waals surface area contributed by atoms with Crippen molar-refractivity contribution in [2.45, 2.75) is 33.2 Å². The average molecular weight is 274 g/mol. The lowest BCUT2D eigenvalue weighted by atomic mass is 10.1. The van der Waals surface area contributed by atoms with Crippen LogP contribution in [0.5, 0.6) is 0 Å². The van der Waals surface area contributed by atoms with Crippen molar-refractivity contribution in [2.75, 3.05) is 6.54 Å². The first kappa shape index (κ1) is 12.4. The number of rotatable bonds is 5. The Morgan fingerprint density at radius 2 is 2.27 bits per heavy atom. The maximum absolute atomic E-state index is 11.5. The van der Waals surface area contributed by atoms with E-state index in [0.29, 0.717) is 19.4 Å². The van der Waals surface area contributed by atoms with Crippen LogP contribution in [0.1, 0.15) is 24.7 Å². The molecule has 1 rings (SSSR count). The molecule has 84 valence electrons. The van der Waals surface area contributed by atoms with E-state index in [4.69, 9.17) is 5.73 Å². The number of nitrogens with two attached hydrogens (primary N) is 1. The molecule has 0 atom stereocenters. The third-order valence-corrected chi connectivity index (χ3v) is 3.27. The van der Waals surface area contributed by atoms with Gasteiger partial charge in [0, 0.05) is 19.4 Å². The molecule has 0 bridgehead atoms. The first-order valence-corrected chi connectivity index (χ1v) is 5.83. The zero-order valence-electron chi connectivity index (χ0n) is 9.09. The highest BCUT2D eigenvalue weighted by Gasteiger charge is 2.14. The molecule has 0 amide bonds. The molecule has 0 aliphatic heterocycles. The van der Waals surface area contributed by atoms with E-state index in [1.54, 1.807) is 0 Å². The van der Waals surface area contributed by atoms with Crippen LogP contribution >= 0.6 is 15.9 Å². The first-order valence-electron chi connectivity index (χ1n) is 5.03. The van der Waals surface area contributed by atoms with E-state index >= 15 is 0 Å². The van der Waals surface area contributed by atoms with E-state index < -0.39 is 0 Å². The average Bonchev–Trinajstić information content (AvgIpc) is 2.46. The molecule has 0 aliphatic rings. The zero-order valence-corrected chi connectivity index (χ0v) is 10.7. The van der Waals surface area contributed by atoms with Crippen LogP contribution in [-0.4, -0.2) is 22.1 Å². The fourth-order valence-corrected chi connectivity index (χ4v) is 1.90. The molecule has 1 heterocycles. The lowest BCUT2D eigenvalue weighted by molar-refractivity contribution is -0.118. The third kappa shape index (κ3) is 2.89. The van der Waals surface area contributed by atoms with Gasteiger partial charge in [0.15, 0.2) is 0 Å². The molecule has 0 fully saturated rings. The van der Waals surface area contributed by atoms with E-state index in [2.05, 4.69) is 21.0 Å². The minimum atomic E-state index is 0.160. The van der Waals surface area contributed by atoms with Crippen molar-refractivity contribution in [3.05, 3.63) is 15.9 Å². The van der Waals surface area contributed by atoms with Crippen molar-refractivity contribution in [3.63, 3.8) is 0 Å². The van der Waals surface area contributed by atoms with Gasteiger partial charge in [0.1, 0.15) is 5.78 Å². The van der Waals surface area contributed by atoms with Gasteiger partial charge in [0.05, 0.1) is 15.9 Å². The number of carbonyl (C=O) groups is 1. The second-order valence-corrected chi connectivity index (χ2v) is 4.21. The summed E-state index contributed by atoms with van der Waals surface area (Å²) in [5.74, 6) is 0.160. The predicted molar refractivity (Wildman–Crippen MR) is 62.7 cm³/mol. The third-order valence-electron chi connectivity index (χ3n) is 2.24. The van der Waals surface area contributed by atoms with Crippen molar-refractivity contribution in [1.82, 2.24) is 9.78 Å². The summed E-state index contributed by atoms with van der Waals surface area (Å²) in [6.07, 6.45) is 0.840. The number of hydrogen-bond donors (Lipinski definition) is 1. The summed E-state index contributed by atoms with van der Waals surface area (Å²) in [4.78, 5) is 11.5. The van der Waals surface area contributed by atoms with Crippen LogP contribution in [0.15, 0.2) is 4.47 Å². The summed E-state index contributed by atoms with van der Waals surface area (Å²) in [5.41, 5.74) is 7.22.